The lowest BCUT2D eigenvalue weighted by atomic mass is 10.1. The number of hydrogen-bond donors (Lipinski definition) is 0. The van der Waals surface area contributed by atoms with E-state index in [4.69, 9.17) is 0 Å². The van der Waals surface area contributed by atoms with Crippen LogP contribution in [0.1, 0.15) is 18.9 Å². The fraction of sp³-hybridized carbons (Fsp3) is 0.417. The molecule has 0 amide bonds. The van der Waals surface area contributed by atoms with Crippen LogP contribution in [0.3, 0.4) is 0 Å². The van der Waals surface area contributed by atoms with Crippen LogP contribution in [0.2, 0.25) is 0 Å². The zero-order valence-corrected chi connectivity index (χ0v) is 9.72. The Morgan fingerprint density at radius 2 is 2.07 bits per heavy atom. The monoisotopic (exact) mass is 221 g/mol. The molecule has 15 heavy (non-hydrogen) atoms. The third-order valence-electron chi connectivity index (χ3n) is 2.03. The maximum atomic E-state index is 9.84. The van der Waals surface area contributed by atoms with Crippen LogP contribution >= 0.6 is 11.8 Å². The lowest BCUT2D eigenvalue weighted by molar-refractivity contribution is 0.562. The Labute approximate surface area is 94.8 Å². The molecule has 1 aromatic rings. The van der Waals surface area contributed by atoms with Gasteiger partial charge in [-0.05, 0) is 36.3 Å². The third kappa shape index (κ3) is 4.82. The van der Waals surface area contributed by atoms with Crippen molar-refractivity contribution in [1.29, 1.82) is 0 Å². The molecule has 0 aliphatic rings. The highest BCUT2D eigenvalue weighted by Gasteiger charge is 1.94. The van der Waals surface area contributed by atoms with E-state index in [1.54, 1.807) is 6.08 Å². The van der Waals surface area contributed by atoms with Gasteiger partial charge in [0.2, 0.25) is 6.08 Å². The summed E-state index contributed by atoms with van der Waals surface area (Å²) >= 11 is 1.85. The van der Waals surface area contributed by atoms with Crippen LogP contribution in [0.15, 0.2) is 34.2 Å². The van der Waals surface area contributed by atoms with E-state index in [1.165, 1.54) is 10.5 Å². The van der Waals surface area contributed by atoms with Gasteiger partial charge in [-0.2, -0.15) is 0 Å². The molecule has 80 valence electrons. The second-order valence-corrected chi connectivity index (χ2v) is 4.49. The Morgan fingerprint density at radius 3 is 2.67 bits per heavy atom. The normalized spacial score (nSPS) is 9.67. The van der Waals surface area contributed by atoms with Crippen LogP contribution in [-0.4, -0.2) is 18.4 Å². The van der Waals surface area contributed by atoms with Crippen molar-refractivity contribution in [3.8, 4) is 0 Å². The van der Waals surface area contributed by atoms with E-state index in [1.807, 2.05) is 11.8 Å². The summed E-state index contributed by atoms with van der Waals surface area (Å²) in [5.41, 5.74) is 1.30. The first kappa shape index (κ1) is 12.0. The molecule has 0 heterocycles. The zero-order valence-electron chi connectivity index (χ0n) is 8.90. The van der Waals surface area contributed by atoms with Gasteiger partial charge >= 0.3 is 0 Å². The van der Waals surface area contributed by atoms with Crippen LogP contribution in [0.5, 0.6) is 0 Å². The number of hydrogen-bond acceptors (Lipinski definition) is 3. The van der Waals surface area contributed by atoms with E-state index in [-0.39, 0.29) is 0 Å². The van der Waals surface area contributed by atoms with Gasteiger partial charge in [0, 0.05) is 4.90 Å². The van der Waals surface area contributed by atoms with Crippen molar-refractivity contribution in [2.75, 3.05) is 12.3 Å². The summed E-state index contributed by atoms with van der Waals surface area (Å²) in [5, 5.41) is 0. The molecule has 0 N–H and O–H groups in total. The van der Waals surface area contributed by atoms with Crippen LogP contribution in [0.25, 0.3) is 0 Å². The Bertz CT molecular complexity index is 328. The standard InChI is InChI=1S/C12H15NOS/c1-2-15-12-7-5-11(6-8-12)4-3-9-13-10-14/h5-8H,2-4,9H2,1H3. The minimum Gasteiger partial charge on any atom is -0.211 e. The highest BCUT2D eigenvalue weighted by Crippen LogP contribution is 2.18. The minimum atomic E-state index is 0.578. The molecular weight excluding hydrogens is 206 g/mol. The number of rotatable bonds is 6. The SMILES string of the molecule is CCSc1ccc(CCCN=C=O)cc1. The molecule has 0 saturated carbocycles. The van der Waals surface area contributed by atoms with Crippen LogP contribution in [0.4, 0.5) is 0 Å². The minimum absolute atomic E-state index is 0.578. The van der Waals surface area contributed by atoms with Crippen LogP contribution in [0, 0.1) is 0 Å². The average Bonchev–Trinajstić information content (AvgIpc) is 2.27. The summed E-state index contributed by atoms with van der Waals surface area (Å²) in [4.78, 5) is 14.7. The Kier molecular flexibility index (Phi) is 5.83. The molecule has 1 aromatic carbocycles. The number of aryl methyl sites for hydroxylation is 1. The van der Waals surface area contributed by atoms with Gasteiger partial charge in [-0.15, -0.1) is 11.8 Å². The van der Waals surface area contributed by atoms with Gasteiger partial charge in [-0.3, -0.25) is 0 Å². The van der Waals surface area contributed by atoms with Gasteiger partial charge in [-0.1, -0.05) is 19.1 Å². The van der Waals surface area contributed by atoms with Gasteiger partial charge in [-0.25, -0.2) is 9.79 Å². The van der Waals surface area contributed by atoms with E-state index < -0.39 is 0 Å². The molecule has 0 unspecified atom stereocenters. The maximum Gasteiger partial charge on any atom is 0.234 e. The predicted molar refractivity (Wildman–Crippen MR) is 64.1 cm³/mol. The average molecular weight is 221 g/mol. The highest BCUT2D eigenvalue weighted by molar-refractivity contribution is 7.99. The van der Waals surface area contributed by atoms with E-state index in [2.05, 4.69) is 36.2 Å². The smallest absolute Gasteiger partial charge is 0.211 e. The third-order valence-corrected chi connectivity index (χ3v) is 2.93. The number of isocyanates is 1. The molecule has 1 rings (SSSR count). The molecule has 0 saturated heterocycles. The zero-order chi connectivity index (χ0) is 10.9. The molecule has 0 aromatic heterocycles. The molecule has 0 spiro atoms. The van der Waals surface area contributed by atoms with Gasteiger partial charge < -0.3 is 0 Å². The fourth-order valence-electron chi connectivity index (χ4n) is 1.33. The summed E-state index contributed by atoms with van der Waals surface area (Å²) < 4.78 is 0. The Morgan fingerprint density at radius 1 is 1.33 bits per heavy atom. The summed E-state index contributed by atoms with van der Waals surface area (Å²) in [6, 6.07) is 8.57. The number of benzene rings is 1. The molecule has 0 bridgehead atoms. The fourth-order valence-corrected chi connectivity index (χ4v) is 1.99. The first-order chi connectivity index (χ1) is 7.36. The number of aliphatic imine (C=N–C) groups is 1. The maximum absolute atomic E-state index is 9.84. The predicted octanol–water partition coefficient (Wildman–Crippen LogP) is 3.07. The Hall–Kier alpha value is -1.05. The molecule has 0 fully saturated rings. The van der Waals surface area contributed by atoms with Crippen molar-refractivity contribution in [2.24, 2.45) is 4.99 Å². The molecule has 0 aliphatic heterocycles. The molecular formula is C12H15NOS. The van der Waals surface area contributed by atoms with Gasteiger partial charge in [0.05, 0.1) is 6.54 Å². The van der Waals surface area contributed by atoms with Gasteiger partial charge in [0.25, 0.3) is 0 Å². The summed E-state index contributed by atoms with van der Waals surface area (Å²) in [6.07, 6.45) is 3.44. The molecule has 0 radical (unpaired) electrons. The van der Waals surface area contributed by atoms with Crippen LogP contribution in [-0.2, 0) is 11.2 Å². The molecule has 2 nitrogen and oxygen atoms in total. The Balaban J connectivity index is 2.38. The lowest BCUT2D eigenvalue weighted by Crippen LogP contribution is -1.88. The van der Waals surface area contributed by atoms with Crippen molar-refractivity contribution in [3.05, 3.63) is 29.8 Å². The molecule has 0 atom stereocenters. The first-order valence-electron chi connectivity index (χ1n) is 5.12. The van der Waals surface area contributed by atoms with Crippen molar-refractivity contribution >= 4 is 17.8 Å². The lowest BCUT2D eigenvalue weighted by Gasteiger charge is -2.01. The summed E-state index contributed by atoms with van der Waals surface area (Å²) in [5.74, 6) is 1.10. The quantitative estimate of drug-likeness (QED) is 0.320. The van der Waals surface area contributed by atoms with Crippen molar-refractivity contribution < 1.29 is 4.79 Å². The second-order valence-electron chi connectivity index (χ2n) is 3.15. The van der Waals surface area contributed by atoms with Crippen LogP contribution < -0.4 is 0 Å². The summed E-state index contributed by atoms with van der Waals surface area (Å²) in [6.45, 7) is 2.73. The van der Waals surface area contributed by atoms with Crippen molar-refractivity contribution in [3.63, 3.8) is 0 Å². The molecule has 3 heteroatoms. The van der Waals surface area contributed by atoms with E-state index in [9.17, 15) is 4.79 Å². The van der Waals surface area contributed by atoms with Gasteiger partial charge in [0.15, 0.2) is 0 Å². The van der Waals surface area contributed by atoms with Gasteiger partial charge in [0.1, 0.15) is 0 Å². The number of thioether (sulfide) groups is 1. The van der Waals surface area contributed by atoms with Crippen molar-refractivity contribution in [1.82, 2.24) is 0 Å². The first-order valence-corrected chi connectivity index (χ1v) is 6.10. The number of nitrogens with zero attached hydrogens (tertiary/aromatic N) is 1. The number of carbonyl (C=O) groups excluding carboxylic acids is 1. The summed E-state index contributed by atoms with van der Waals surface area (Å²) in [7, 11) is 0. The second kappa shape index (κ2) is 7.27. The van der Waals surface area contributed by atoms with Crippen molar-refractivity contribution in [2.45, 2.75) is 24.7 Å². The van der Waals surface area contributed by atoms with E-state index in [0.717, 1.165) is 18.6 Å². The molecule has 0 aliphatic carbocycles. The highest BCUT2D eigenvalue weighted by atomic mass is 32.2. The largest absolute Gasteiger partial charge is 0.234 e. The van der Waals surface area contributed by atoms with E-state index in [0.29, 0.717) is 6.54 Å². The topological polar surface area (TPSA) is 29.4 Å². The van der Waals surface area contributed by atoms with E-state index >= 15 is 0 Å².